The zero-order chi connectivity index (χ0) is 11.3. The molecule has 1 N–H and O–H groups in total. The first kappa shape index (κ1) is 11.4. The molecule has 0 unspecified atom stereocenters. The Balaban J connectivity index is 2.69. The van der Waals surface area contributed by atoms with Crippen molar-refractivity contribution in [3.63, 3.8) is 0 Å². The predicted molar refractivity (Wildman–Crippen MR) is 60.1 cm³/mol. The lowest BCUT2D eigenvalue weighted by molar-refractivity contribution is -0.115. The van der Waals surface area contributed by atoms with Crippen LogP contribution >= 0.6 is 0 Å². The molecule has 0 fully saturated rings. The molecule has 1 aromatic heterocycles. The number of ketones is 1. The van der Waals surface area contributed by atoms with Gasteiger partial charge in [-0.25, -0.2) is 9.97 Å². The molecule has 0 spiro atoms. The molecular formula is C10H16N4O. The molecular weight excluding hydrogens is 192 g/mol. The largest absolute Gasteiger partial charge is 0.363 e. The number of nitrogens with one attached hydrogen (secondary N) is 1. The first-order valence-corrected chi connectivity index (χ1v) is 4.90. The van der Waals surface area contributed by atoms with Crippen LogP contribution in [-0.4, -0.2) is 35.9 Å². The second-order valence-corrected chi connectivity index (χ2v) is 3.33. The van der Waals surface area contributed by atoms with Crippen molar-refractivity contribution in [2.24, 2.45) is 0 Å². The third-order valence-corrected chi connectivity index (χ3v) is 2.04. The molecule has 0 saturated heterocycles. The summed E-state index contributed by atoms with van der Waals surface area (Å²) in [7, 11) is 1.96. The zero-order valence-corrected chi connectivity index (χ0v) is 9.32. The third-order valence-electron chi connectivity index (χ3n) is 2.04. The normalized spacial score (nSPS) is 9.80. The lowest BCUT2D eigenvalue weighted by atomic mass is 10.4. The molecule has 1 heterocycles. The number of anilines is 2. The van der Waals surface area contributed by atoms with Gasteiger partial charge in [0.05, 0.1) is 6.54 Å². The minimum Gasteiger partial charge on any atom is -0.363 e. The van der Waals surface area contributed by atoms with Crippen LogP contribution in [0.25, 0.3) is 0 Å². The Morgan fingerprint density at radius 2 is 2.27 bits per heavy atom. The Labute approximate surface area is 89.5 Å². The van der Waals surface area contributed by atoms with E-state index in [2.05, 4.69) is 15.3 Å². The van der Waals surface area contributed by atoms with Crippen LogP contribution in [0.3, 0.4) is 0 Å². The fourth-order valence-electron chi connectivity index (χ4n) is 1.03. The second-order valence-electron chi connectivity index (χ2n) is 3.33. The zero-order valence-electron chi connectivity index (χ0n) is 9.32. The maximum Gasteiger partial charge on any atom is 0.148 e. The third kappa shape index (κ3) is 3.53. The van der Waals surface area contributed by atoms with Gasteiger partial charge in [0, 0.05) is 19.7 Å². The molecule has 0 aliphatic heterocycles. The van der Waals surface area contributed by atoms with Gasteiger partial charge in [-0.2, -0.15) is 0 Å². The van der Waals surface area contributed by atoms with Gasteiger partial charge in [0.15, 0.2) is 0 Å². The molecule has 0 aromatic carbocycles. The Morgan fingerprint density at radius 3 is 2.87 bits per heavy atom. The van der Waals surface area contributed by atoms with Crippen LogP contribution in [0, 0.1) is 0 Å². The minimum atomic E-state index is 0.0824. The van der Waals surface area contributed by atoms with Crippen molar-refractivity contribution in [2.75, 3.05) is 30.4 Å². The van der Waals surface area contributed by atoms with E-state index in [1.54, 1.807) is 0 Å². The molecule has 0 radical (unpaired) electrons. The van der Waals surface area contributed by atoms with E-state index in [-0.39, 0.29) is 5.78 Å². The lowest BCUT2D eigenvalue weighted by Gasteiger charge is -2.15. The van der Waals surface area contributed by atoms with Crippen molar-refractivity contribution in [3.05, 3.63) is 12.4 Å². The summed E-state index contributed by atoms with van der Waals surface area (Å²) in [6, 6.07) is 1.83. The van der Waals surface area contributed by atoms with E-state index in [1.807, 2.05) is 24.9 Å². The van der Waals surface area contributed by atoms with Crippen molar-refractivity contribution in [1.29, 1.82) is 0 Å². The van der Waals surface area contributed by atoms with Gasteiger partial charge >= 0.3 is 0 Å². The number of rotatable bonds is 5. The van der Waals surface area contributed by atoms with E-state index in [9.17, 15) is 4.79 Å². The quantitative estimate of drug-likeness (QED) is 0.780. The van der Waals surface area contributed by atoms with E-state index in [1.165, 1.54) is 13.3 Å². The molecule has 0 atom stereocenters. The smallest absolute Gasteiger partial charge is 0.148 e. The van der Waals surface area contributed by atoms with E-state index in [0.29, 0.717) is 12.4 Å². The first-order chi connectivity index (χ1) is 7.13. The Morgan fingerprint density at radius 1 is 1.53 bits per heavy atom. The molecule has 0 saturated carbocycles. The van der Waals surface area contributed by atoms with Crippen LogP contribution in [0.4, 0.5) is 11.6 Å². The first-order valence-electron chi connectivity index (χ1n) is 4.90. The SMILES string of the molecule is CCN(C)c1cc(NCC(C)=O)ncn1. The van der Waals surface area contributed by atoms with Gasteiger partial charge in [-0.15, -0.1) is 0 Å². The van der Waals surface area contributed by atoms with E-state index in [0.717, 1.165) is 12.4 Å². The van der Waals surface area contributed by atoms with Crippen LogP contribution in [0.1, 0.15) is 13.8 Å². The Kier molecular flexibility index (Phi) is 4.03. The predicted octanol–water partition coefficient (Wildman–Crippen LogP) is 0.934. The fourth-order valence-corrected chi connectivity index (χ4v) is 1.03. The molecule has 0 amide bonds. The summed E-state index contributed by atoms with van der Waals surface area (Å²) in [6.45, 7) is 4.76. The van der Waals surface area contributed by atoms with Gasteiger partial charge in [0.1, 0.15) is 23.7 Å². The summed E-state index contributed by atoms with van der Waals surface area (Å²) in [4.78, 5) is 20.9. The number of hydrogen-bond donors (Lipinski definition) is 1. The van der Waals surface area contributed by atoms with Crippen LogP contribution in [-0.2, 0) is 4.79 Å². The molecule has 1 rings (SSSR count). The summed E-state index contributed by atoms with van der Waals surface area (Å²) in [5, 5.41) is 2.94. The van der Waals surface area contributed by atoms with Gasteiger partial charge in [0.2, 0.25) is 0 Å². The second kappa shape index (κ2) is 5.29. The molecule has 0 aliphatic carbocycles. The Bertz CT molecular complexity index is 340. The molecule has 5 heteroatoms. The number of carbonyl (C=O) groups is 1. The monoisotopic (exact) mass is 208 g/mol. The molecule has 0 bridgehead atoms. The topological polar surface area (TPSA) is 58.1 Å². The van der Waals surface area contributed by atoms with E-state index < -0.39 is 0 Å². The number of nitrogens with zero attached hydrogens (tertiary/aromatic N) is 3. The Hall–Kier alpha value is -1.65. The highest BCUT2D eigenvalue weighted by molar-refractivity contribution is 5.80. The molecule has 15 heavy (non-hydrogen) atoms. The van der Waals surface area contributed by atoms with Crippen LogP contribution in [0.2, 0.25) is 0 Å². The fraction of sp³-hybridized carbons (Fsp3) is 0.500. The van der Waals surface area contributed by atoms with Gasteiger partial charge in [-0.3, -0.25) is 4.79 Å². The minimum absolute atomic E-state index is 0.0824. The van der Waals surface area contributed by atoms with Gasteiger partial charge in [-0.1, -0.05) is 0 Å². The number of hydrogen-bond acceptors (Lipinski definition) is 5. The van der Waals surface area contributed by atoms with Gasteiger partial charge < -0.3 is 10.2 Å². The van der Waals surface area contributed by atoms with Crippen molar-refractivity contribution in [3.8, 4) is 0 Å². The van der Waals surface area contributed by atoms with Crippen molar-refractivity contribution in [2.45, 2.75) is 13.8 Å². The molecule has 5 nitrogen and oxygen atoms in total. The van der Waals surface area contributed by atoms with Crippen molar-refractivity contribution < 1.29 is 4.79 Å². The average molecular weight is 208 g/mol. The van der Waals surface area contributed by atoms with Crippen LogP contribution < -0.4 is 10.2 Å². The summed E-state index contributed by atoms with van der Waals surface area (Å²) in [5.74, 6) is 1.60. The van der Waals surface area contributed by atoms with Gasteiger partial charge in [0.25, 0.3) is 0 Å². The number of carbonyl (C=O) groups excluding carboxylic acids is 1. The highest BCUT2D eigenvalue weighted by Gasteiger charge is 2.02. The lowest BCUT2D eigenvalue weighted by Crippen LogP contribution is -2.18. The molecule has 1 aromatic rings. The van der Waals surface area contributed by atoms with E-state index >= 15 is 0 Å². The van der Waals surface area contributed by atoms with Gasteiger partial charge in [-0.05, 0) is 13.8 Å². The summed E-state index contributed by atoms with van der Waals surface area (Å²) in [6.07, 6.45) is 1.49. The van der Waals surface area contributed by atoms with E-state index in [4.69, 9.17) is 0 Å². The summed E-state index contributed by atoms with van der Waals surface area (Å²) >= 11 is 0. The molecule has 0 aliphatic rings. The van der Waals surface area contributed by atoms with Crippen molar-refractivity contribution in [1.82, 2.24) is 9.97 Å². The summed E-state index contributed by atoms with van der Waals surface area (Å²) in [5.41, 5.74) is 0. The van der Waals surface area contributed by atoms with Crippen molar-refractivity contribution >= 4 is 17.4 Å². The highest BCUT2D eigenvalue weighted by Crippen LogP contribution is 2.11. The number of aromatic nitrogens is 2. The highest BCUT2D eigenvalue weighted by atomic mass is 16.1. The van der Waals surface area contributed by atoms with Crippen LogP contribution in [0.5, 0.6) is 0 Å². The molecule has 82 valence electrons. The maximum atomic E-state index is 10.8. The standard InChI is InChI=1S/C10H16N4O/c1-4-14(3)10-5-9(12-7-13-10)11-6-8(2)15/h5,7H,4,6H2,1-3H3,(H,11,12,13). The van der Waals surface area contributed by atoms with Crippen LogP contribution in [0.15, 0.2) is 12.4 Å². The maximum absolute atomic E-state index is 10.8. The average Bonchev–Trinajstić information content (AvgIpc) is 2.25. The number of Topliss-reactive ketones (excluding diaryl/α,β-unsaturated/α-hetero) is 1. The summed E-state index contributed by atoms with van der Waals surface area (Å²) < 4.78 is 0.